The molecular weight excluding hydrogens is 471 g/mol. The van der Waals surface area contributed by atoms with Crippen LogP contribution >= 0.6 is 15.9 Å². The number of hydrogen-bond donors (Lipinski definition) is 2. The molecule has 1 heterocycles. The lowest BCUT2D eigenvalue weighted by Gasteiger charge is -2.23. The number of benzene rings is 2. The van der Waals surface area contributed by atoms with Gasteiger partial charge in [0.1, 0.15) is 11.6 Å². The number of halogens is 2. The lowest BCUT2D eigenvalue weighted by molar-refractivity contribution is 0.207. The third-order valence-corrected chi connectivity index (χ3v) is 5.56. The Labute approximate surface area is 197 Å². The van der Waals surface area contributed by atoms with Crippen LogP contribution < -0.4 is 10.6 Å². The summed E-state index contributed by atoms with van der Waals surface area (Å²) >= 11 is 3.39. The minimum atomic E-state index is -0.297. The highest BCUT2D eigenvalue weighted by atomic mass is 79.9. The summed E-state index contributed by atoms with van der Waals surface area (Å²) in [5.74, 6) is 0.586. The number of carbonyl (C=O) groups is 1. The zero-order valence-corrected chi connectivity index (χ0v) is 19.5. The van der Waals surface area contributed by atoms with E-state index in [-0.39, 0.29) is 18.4 Å². The largest absolute Gasteiger partial charge is 0.370 e. The van der Waals surface area contributed by atoms with Crippen molar-refractivity contribution in [2.45, 2.75) is 32.2 Å². The fourth-order valence-electron chi connectivity index (χ4n) is 3.29. The molecule has 0 radical (unpaired) electrons. The van der Waals surface area contributed by atoms with E-state index in [1.165, 1.54) is 6.07 Å². The maximum atomic E-state index is 14.2. The van der Waals surface area contributed by atoms with Gasteiger partial charge in [0.2, 0.25) is 0 Å². The van der Waals surface area contributed by atoms with E-state index in [0.29, 0.717) is 17.8 Å². The second kappa shape index (κ2) is 12.8. The highest BCUT2D eigenvalue weighted by molar-refractivity contribution is 9.10. The molecule has 0 saturated carbocycles. The highest BCUT2D eigenvalue weighted by Gasteiger charge is 2.16. The van der Waals surface area contributed by atoms with Gasteiger partial charge in [0.15, 0.2) is 0 Å². The summed E-state index contributed by atoms with van der Waals surface area (Å²) in [7, 11) is 0. The molecule has 0 bridgehead atoms. The summed E-state index contributed by atoms with van der Waals surface area (Å²) < 4.78 is 15.1. The molecule has 2 N–H and O–H groups in total. The monoisotopic (exact) mass is 498 g/mol. The molecule has 2 aromatic carbocycles. The Balaban J connectivity index is 1.48. The van der Waals surface area contributed by atoms with Crippen molar-refractivity contribution in [1.29, 1.82) is 0 Å². The third-order valence-electron chi connectivity index (χ3n) is 5.03. The first-order valence-corrected chi connectivity index (χ1v) is 11.6. The number of unbranched alkanes of at least 4 members (excludes halogenated alkanes) is 3. The quantitative estimate of drug-likeness (QED) is 0.289. The molecule has 0 aliphatic rings. The van der Waals surface area contributed by atoms with E-state index in [0.717, 1.165) is 42.5 Å². The van der Waals surface area contributed by atoms with Gasteiger partial charge in [0.25, 0.3) is 0 Å². The van der Waals surface area contributed by atoms with E-state index < -0.39 is 0 Å². The highest BCUT2D eigenvalue weighted by Crippen LogP contribution is 2.17. The molecule has 0 spiro atoms. The number of rotatable bonds is 11. The molecule has 0 fully saturated rings. The fourth-order valence-corrected chi connectivity index (χ4v) is 3.55. The van der Waals surface area contributed by atoms with Crippen molar-refractivity contribution in [3.63, 3.8) is 0 Å². The summed E-state index contributed by atoms with van der Waals surface area (Å²) in [6, 6.07) is 19.6. The van der Waals surface area contributed by atoms with E-state index in [4.69, 9.17) is 0 Å². The number of amides is 2. The van der Waals surface area contributed by atoms with Crippen molar-refractivity contribution in [2.75, 3.05) is 23.7 Å². The summed E-state index contributed by atoms with van der Waals surface area (Å²) in [6.45, 7) is 1.65. The molecule has 2 amide bonds. The maximum Gasteiger partial charge on any atom is 0.322 e. The zero-order chi connectivity index (χ0) is 22.6. The van der Waals surface area contributed by atoms with Gasteiger partial charge in [0, 0.05) is 35.0 Å². The molecule has 5 nitrogen and oxygen atoms in total. The van der Waals surface area contributed by atoms with E-state index in [9.17, 15) is 9.18 Å². The van der Waals surface area contributed by atoms with Gasteiger partial charge in [-0.25, -0.2) is 14.2 Å². The second-order valence-electron chi connectivity index (χ2n) is 7.51. The summed E-state index contributed by atoms with van der Waals surface area (Å²) in [6.07, 6.45) is 5.68. The van der Waals surface area contributed by atoms with Crippen molar-refractivity contribution in [3.8, 4) is 0 Å². The van der Waals surface area contributed by atoms with Gasteiger partial charge in [-0.05, 0) is 55.3 Å². The molecule has 3 aromatic rings. The van der Waals surface area contributed by atoms with Crippen LogP contribution in [0.1, 0.15) is 31.2 Å². The molecule has 3 rings (SSSR count). The third kappa shape index (κ3) is 7.96. The first-order valence-electron chi connectivity index (χ1n) is 10.8. The fraction of sp³-hybridized carbons (Fsp3) is 0.280. The number of nitrogens with one attached hydrogen (secondary N) is 2. The average molecular weight is 499 g/mol. The molecule has 0 aliphatic heterocycles. The predicted molar refractivity (Wildman–Crippen MR) is 131 cm³/mol. The lowest BCUT2D eigenvalue weighted by Crippen LogP contribution is -2.35. The van der Waals surface area contributed by atoms with Gasteiger partial charge in [-0.1, -0.05) is 53.0 Å². The van der Waals surface area contributed by atoms with Gasteiger partial charge in [0.05, 0.1) is 6.54 Å². The number of urea groups is 1. The Bertz CT molecular complexity index is 969. The predicted octanol–water partition coefficient (Wildman–Crippen LogP) is 6.69. The minimum Gasteiger partial charge on any atom is -0.370 e. The topological polar surface area (TPSA) is 57.3 Å². The van der Waals surface area contributed by atoms with Crippen LogP contribution in [0.4, 0.5) is 20.7 Å². The molecule has 7 heteroatoms. The first-order chi connectivity index (χ1) is 15.6. The van der Waals surface area contributed by atoms with Crippen LogP contribution in [-0.2, 0) is 6.54 Å². The molecule has 1 aromatic heterocycles. The van der Waals surface area contributed by atoms with Crippen LogP contribution in [0.5, 0.6) is 0 Å². The Morgan fingerprint density at radius 1 is 0.938 bits per heavy atom. The molecular formula is C25H28BrFN4O. The Morgan fingerprint density at radius 2 is 1.69 bits per heavy atom. The smallest absolute Gasteiger partial charge is 0.322 e. The standard InChI is InChI=1S/C25H28BrFN4O/c26-21-12-14-22(15-13-21)30-25(32)31(19-20-9-3-4-10-23(20)27)18-8-2-1-6-16-28-24-11-5-7-17-29-24/h3-5,7,9-15,17H,1-2,6,8,16,18-19H2,(H,28,29)(H,30,32). The van der Waals surface area contributed by atoms with Gasteiger partial charge in [-0.3, -0.25) is 0 Å². The van der Waals surface area contributed by atoms with Gasteiger partial charge in [-0.15, -0.1) is 0 Å². The Hall–Kier alpha value is -2.93. The van der Waals surface area contributed by atoms with Crippen LogP contribution in [0, 0.1) is 5.82 Å². The normalized spacial score (nSPS) is 10.6. The molecule has 0 aliphatic carbocycles. The molecule has 0 saturated heterocycles. The van der Waals surface area contributed by atoms with Crippen molar-refractivity contribution < 1.29 is 9.18 Å². The summed E-state index contributed by atoms with van der Waals surface area (Å²) in [5.41, 5.74) is 1.22. The summed E-state index contributed by atoms with van der Waals surface area (Å²) in [4.78, 5) is 18.8. The van der Waals surface area contributed by atoms with E-state index in [1.54, 1.807) is 29.3 Å². The molecule has 32 heavy (non-hydrogen) atoms. The minimum absolute atomic E-state index is 0.229. The van der Waals surface area contributed by atoms with Crippen LogP contribution in [-0.4, -0.2) is 29.0 Å². The summed E-state index contributed by atoms with van der Waals surface area (Å²) in [5, 5.41) is 6.22. The van der Waals surface area contributed by atoms with Gasteiger partial charge >= 0.3 is 6.03 Å². The van der Waals surface area contributed by atoms with Gasteiger partial charge < -0.3 is 15.5 Å². The van der Waals surface area contributed by atoms with E-state index >= 15 is 0 Å². The van der Waals surface area contributed by atoms with Crippen molar-refractivity contribution in [3.05, 3.63) is 88.8 Å². The maximum absolute atomic E-state index is 14.2. The Kier molecular flexibility index (Phi) is 9.50. The van der Waals surface area contributed by atoms with Crippen molar-refractivity contribution in [2.24, 2.45) is 0 Å². The number of aromatic nitrogens is 1. The first kappa shape index (κ1) is 23.7. The van der Waals surface area contributed by atoms with Crippen LogP contribution in [0.25, 0.3) is 0 Å². The van der Waals surface area contributed by atoms with E-state index in [1.807, 2.05) is 42.5 Å². The number of nitrogens with zero attached hydrogens (tertiary/aromatic N) is 2. The Morgan fingerprint density at radius 3 is 2.44 bits per heavy atom. The van der Waals surface area contributed by atoms with Crippen molar-refractivity contribution >= 4 is 33.5 Å². The molecule has 0 unspecified atom stereocenters. The average Bonchev–Trinajstić information content (AvgIpc) is 2.81. The zero-order valence-electron chi connectivity index (χ0n) is 17.9. The number of pyridine rings is 1. The number of carbonyl (C=O) groups excluding carboxylic acids is 1. The van der Waals surface area contributed by atoms with Crippen LogP contribution in [0.2, 0.25) is 0 Å². The SMILES string of the molecule is O=C(Nc1ccc(Br)cc1)N(CCCCCCNc1ccccn1)Cc1ccccc1F. The van der Waals surface area contributed by atoms with Gasteiger partial charge in [-0.2, -0.15) is 0 Å². The number of anilines is 2. The molecule has 0 atom stereocenters. The van der Waals surface area contributed by atoms with Crippen LogP contribution in [0.3, 0.4) is 0 Å². The molecule has 168 valence electrons. The van der Waals surface area contributed by atoms with Crippen molar-refractivity contribution in [1.82, 2.24) is 9.88 Å². The second-order valence-corrected chi connectivity index (χ2v) is 8.42. The van der Waals surface area contributed by atoms with E-state index in [2.05, 4.69) is 31.5 Å². The lowest BCUT2D eigenvalue weighted by atomic mass is 10.1. The number of hydrogen-bond acceptors (Lipinski definition) is 3. The van der Waals surface area contributed by atoms with Crippen LogP contribution in [0.15, 0.2) is 77.4 Å².